The summed E-state index contributed by atoms with van der Waals surface area (Å²) in [5.41, 5.74) is 3.41. The van der Waals surface area contributed by atoms with Crippen molar-refractivity contribution in [1.29, 1.82) is 0 Å². The van der Waals surface area contributed by atoms with Crippen LogP contribution in [0.15, 0.2) is 18.3 Å². The molecule has 6 heteroatoms. The zero-order valence-electron chi connectivity index (χ0n) is 11.9. The Hall–Kier alpha value is -1.33. The van der Waals surface area contributed by atoms with Gasteiger partial charge in [0, 0.05) is 33.4 Å². The van der Waals surface area contributed by atoms with Gasteiger partial charge in [0.15, 0.2) is 0 Å². The molecule has 0 fully saturated rings. The van der Waals surface area contributed by atoms with E-state index in [0.29, 0.717) is 5.92 Å². The van der Waals surface area contributed by atoms with Crippen LogP contribution < -0.4 is 5.32 Å². The smallest absolute Gasteiger partial charge is 0.0762 e. The van der Waals surface area contributed by atoms with Gasteiger partial charge in [-0.25, -0.2) is 0 Å². The molecule has 0 saturated heterocycles. The second kappa shape index (κ2) is 6.73. The summed E-state index contributed by atoms with van der Waals surface area (Å²) in [5.74, 6) is 0.473. The van der Waals surface area contributed by atoms with E-state index in [0.717, 1.165) is 24.5 Å². The molecule has 2 rings (SSSR count). The fraction of sp³-hybridized carbons (Fsp3) is 0.538. The fourth-order valence-corrected chi connectivity index (χ4v) is 1.85. The normalized spacial score (nSPS) is 10.8. The number of halogens is 1. The SMILES string of the molecule is CC(C)c1cc(CNCc2ccn(C)n2)n(C)n1.Cl. The Morgan fingerprint density at radius 1 is 1.21 bits per heavy atom. The third kappa shape index (κ3) is 4.08. The van der Waals surface area contributed by atoms with Crippen LogP contribution in [0.25, 0.3) is 0 Å². The van der Waals surface area contributed by atoms with E-state index in [2.05, 4.69) is 35.4 Å². The molecule has 0 aliphatic rings. The van der Waals surface area contributed by atoms with Crippen molar-refractivity contribution in [3.8, 4) is 0 Å². The molecule has 1 N–H and O–H groups in total. The van der Waals surface area contributed by atoms with E-state index in [1.54, 1.807) is 0 Å². The molecular weight excluding hydrogens is 262 g/mol. The molecule has 2 heterocycles. The van der Waals surface area contributed by atoms with E-state index in [-0.39, 0.29) is 12.4 Å². The molecule has 0 bridgehead atoms. The predicted octanol–water partition coefficient (Wildman–Crippen LogP) is 1.99. The summed E-state index contributed by atoms with van der Waals surface area (Å²) in [6.07, 6.45) is 1.96. The van der Waals surface area contributed by atoms with E-state index in [9.17, 15) is 0 Å². The van der Waals surface area contributed by atoms with Crippen LogP contribution in [0.5, 0.6) is 0 Å². The van der Waals surface area contributed by atoms with Crippen LogP contribution in [0.3, 0.4) is 0 Å². The van der Waals surface area contributed by atoms with Crippen molar-refractivity contribution in [2.24, 2.45) is 14.1 Å². The third-order valence-electron chi connectivity index (χ3n) is 2.97. The van der Waals surface area contributed by atoms with Gasteiger partial charge in [-0.05, 0) is 18.1 Å². The van der Waals surface area contributed by atoms with E-state index in [1.165, 1.54) is 5.69 Å². The topological polar surface area (TPSA) is 47.7 Å². The highest BCUT2D eigenvalue weighted by Gasteiger charge is 2.07. The van der Waals surface area contributed by atoms with Crippen molar-refractivity contribution in [3.05, 3.63) is 35.4 Å². The first-order valence-corrected chi connectivity index (χ1v) is 6.28. The van der Waals surface area contributed by atoms with Crippen LogP contribution in [0.4, 0.5) is 0 Å². The van der Waals surface area contributed by atoms with Crippen LogP contribution >= 0.6 is 12.4 Å². The summed E-state index contributed by atoms with van der Waals surface area (Å²) in [6.45, 7) is 5.91. The average Bonchev–Trinajstić information content (AvgIpc) is 2.87. The second-order valence-corrected chi connectivity index (χ2v) is 4.92. The Morgan fingerprint density at radius 2 is 1.95 bits per heavy atom. The van der Waals surface area contributed by atoms with Crippen molar-refractivity contribution in [1.82, 2.24) is 24.9 Å². The number of hydrogen-bond donors (Lipinski definition) is 1. The van der Waals surface area contributed by atoms with Crippen LogP contribution in [-0.4, -0.2) is 19.6 Å². The lowest BCUT2D eigenvalue weighted by Gasteiger charge is -2.02. The van der Waals surface area contributed by atoms with E-state index in [4.69, 9.17) is 0 Å². The van der Waals surface area contributed by atoms with Gasteiger partial charge < -0.3 is 5.32 Å². The predicted molar refractivity (Wildman–Crippen MR) is 78.3 cm³/mol. The van der Waals surface area contributed by atoms with Gasteiger partial charge >= 0.3 is 0 Å². The van der Waals surface area contributed by atoms with E-state index in [1.807, 2.05) is 35.7 Å². The zero-order chi connectivity index (χ0) is 13.1. The molecule has 0 radical (unpaired) electrons. The van der Waals surface area contributed by atoms with Crippen molar-refractivity contribution in [2.45, 2.75) is 32.9 Å². The minimum absolute atomic E-state index is 0. The monoisotopic (exact) mass is 283 g/mol. The summed E-state index contributed by atoms with van der Waals surface area (Å²) < 4.78 is 3.76. The minimum atomic E-state index is 0. The van der Waals surface area contributed by atoms with Crippen molar-refractivity contribution < 1.29 is 0 Å². The van der Waals surface area contributed by atoms with Gasteiger partial charge in [0.05, 0.1) is 17.1 Å². The molecule has 2 aromatic rings. The number of hydrogen-bond acceptors (Lipinski definition) is 3. The first-order valence-electron chi connectivity index (χ1n) is 6.28. The minimum Gasteiger partial charge on any atom is -0.305 e. The third-order valence-corrected chi connectivity index (χ3v) is 2.97. The molecule has 0 atom stereocenters. The maximum absolute atomic E-state index is 4.50. The van der Waals surface area contributed by atoms with Crippen LogP contribution in [0.2, 0.25) is 0 Å². The summed E-state index contributed by atoms with van der Waals surface area (Å²) in [7, 11) is 3.92. The maximum Gasteiger partial charge on any atom is 0.0762 e. The lowest BCUT2D eigenvalue weighted by molar-refractivity contribution is 0.608. The van der Waals surface area contributed by atoms with Gasteiger partial charge in [-0.2, -0.15) is 10.2 Å². The van der Waals surface area contributed by atoms with Gasteiger partial charge in [0.25, 0.3) is 0 Å². The molecule has 0 aliphatic carbocycles. The standard InChI is InChI=1S/C13H21N5.ClH/c1-10(2)13-7-12(18(4)16-13)9-14-8-11-5-6-17(3)15-11;/h5-7,10,14H,8-9H2,1-4H3;1H. The van der Waals surface area contributed by atoms with Crippen molar-refractivity contribution >= 4 is 12.4 Å². The summed E-state index contributed by atoms with van der Waals surface area (Å²) in [6, 6.07) is 4.19. The molecule has 0 saturated carbocycles. The highest BCUT2D eigenvalue weighted by molar-refractivity contribution is 5.85. The van der Waals surface area contributed by atoms with Gasteiger partial charge in [-0.1, -0.05) is 13.8 Å². The number of rotatable bonds is 5. The maximum atomic E-state index is 4.50. The molecule has 0 aromatic carbocycles. The van der Waals surface area contributed by atoms with Crippen molar-refractivity contribution in [2.75, 3.05) is 0 Å². The molecule has 19 heavy (non-hydrogen) atoms. The van der Waals surface area contributed by atoms with Gasteiger partial charge in [-0.3, -0.25) is 9.36 Å². The molecule has 0 aliphatic heterocycles. The van der Waals surface area contributed by atoms with Crippen LogP contribution in [0, 0.1) is 0 Å². The number of nitrogens with zero attached hydrogens (tertiary/aromatic N) is 4. The Kier molecular flexibility index (Phi) is 5.57. The molecule has 0 spiro atoms. The van der Waals surface area contributed by atoms with Gasteiger partial charge in [0.2, 0.25) is 0 Å². The quantitative estimate of drug-likeness (QED) is 0.913. The Morgan fingerprint density at radius 3 is 2.47 bits per heavy atom. The first-order chi connectivity index (χ1) is 8.56. The molecule has 106 valence electrons. The lowest BCUT2D eigenvalue weighted by atomic mass is 10.1. The Labute approximate surface area is 120 Å². The molecule has 2 aromatic heterocycles. The second-order valence-electron chi connectivity index (χ2n) is 4.92. The molecular formula is C13H22ClN5. The summed E-state index contributed by atoms with van der Waals surface area (Å²) >= 11 is 0. The summed E-state index contributed by atoms with van der Waals surface area (Å²) in [4.78, 5) is 0. The zero-order valence-corrected chi connectivity index (χ0v) is 12.7. The first kappa shape index (κ1) is 15.7. The van der Waals surface area contributed by atoms with Gasteiger partial charge in [0.1, 0.15) is 0 Å². The van der Waals surface area contributed by atoms with Crippen LogP contribution in [-0.2, 0) is 27.2 Å². The molecule has 0 amide bonds. The lowest BCUT2D eigenvalue weighted by Crippen LogP contribution is -2.15. The number of aryl methyl sites for hydroxylation is 2. The Balaban J connectivity index is 0.00000180. The fourth-order valence-electron chi connectivity index (χ4n) is 1.85. The van der Waals surface area contributed by atoms with Crippen LogP contribution in [0.1, 0.15) is 36.8 Å². The molecule has 5 nitrogen and oxygen atoms in total. The van der Waals surface area contributed by atoms with E-state index >= 15 is 0 Å². The highest BCUT2D eigenvalue weighted by Crippen LogP contribution is 2.13. The largest absolute Gasteiger partial charge is 0.305 e. The highest BCUT2D eigenvalue weighted by atomic mass is 35.5. The van der Waals surface area contributed by atoms with Gasteiger partial charge in [-0.15, -0.1) is 12.4 Å². The Bertz CT molecular complexity index is 515. The number of aromatic nitrogens is 4. The van der Waals surface area contributed by atoms with E-state index < -0.39 is 0 Å². The average molecular weight is 284 g/mol. The number of nitrogens with one attached hydrogen (secondary N) is 1. The molecule has 0 unspecified atom stereocenters. The summed E-state index contributed by atoms with van der Waals surface area (Å²) in [5, 5.41) is 12.2. The van der Waals surface area contributed by atoms with Crippen molar-refractivity contribution in [3.63, 3.8) is 0 Å².